The van der Waals surface area contributed by atoms with E-state index in [1.807, 2.05) is 0 Å². The molecule has 32 heavy (non-hydrogen) atoms. The number of benzene rings is 2. The van der Waals surface area contributed by atoms with Crippen LogP contribution in [0.15, 0.2) is 72.8 Å². The number of hydrogen-bond acceptors (Lipinski definition) is 0. The number of hydrogen-bond donors (Lipinski definition) is 0. The van der Waals surface area contributed by atoms with Crippen LogP contribution in [0.4, 0.5) is 0 Å². The predicted molar refractivity (Wildman–Crippen MR) is 156 cm³/mol. The van der Waals surface area contributed by atoms with Crippen molar-refractivity contribution in [1.82, 2.24) is 0 Å². The van der Waals surface area contributed by atoms with Crippen molar-refractivity contribution in [2.75, 3.05) is 0 Å². The molecule has 0 aliphatic heterocycles. The average Bonchev–Trinajstić information content (AvgIpc) is 3.25. The average molecular weight is 581 g/mol. The third-order valence-corrected chi connectivity index (χ3v) is 9.08. The van der Waals surface area contributed by atoms with E-state index in [1.165, 1.54) is 24.8 Å². The number of halogens is 2. The van der Waals surface area contributed by atoms with Crippen molar-refractivity contribution >= 4 is 76.1 Å². The second kappa shape index (κ2) is 13.3. The Morgan fingerprint density at radius 3 is 1.19 bits per heavy atom. The second-order valence-electron chi connectivity index (χ2n) is 10.2. The van der Waals surface area contributed by atoms with E-state index in [4.69, 9.17) is 0 Å². The molecule has 0 aromatic heterocycles. The van der Waals surface area contributed by atoms with Gasteiger partial charge >= 0.3 is 41.3 Å². The van der Waals surface area contributed by atoms with Crippen LogP contribution in [0.5, 0.6) is 0 Å². The molecule has 0 unspecified atom stereocenters. The molecule has 0 spiro atoms. The molecule has 0 bridgehead atoms. The molecule has 0 heterocycles. The fourth-order valence-electron chi connectivity index (χ4n) is 3.61. The molecule has 0 aliphatic carbocycles. The Labute approximate surface area is 224 Å². The Kier molecular flexibility index (Phi) is 13.1. The first kappa shape index (κ1) is 31.4. The van der Waals surface area contributed by atoms with Gasteiger partial charge in [-0.05, 0) is 0 Å². The molecule has 0 aliphatic rings. The molecule has 0 nitrogen and oxygen atoms in total. The van der Waals surface area contributed by atoms with Crippen molar-refractivity contribution in [3.63, 3.8) is 0 Å². The van der Waals surface area contributed by atoms with Crippen molar-refractivity contribution in [3.05, 3.63) is 72.8 Å². The van der Waals surface area contributed by atoms with Gasteiger partial charge < -0.3 is 0 Å². The predicted octanol–water partition coefficient (Wildman–Crippen LogP) is 7.80. The fourth-order valence-corrected chi connectivity index (χ4v) is 6.85. The molecule has 0 atom stereocenters. The van der Waals surface area contributed by atoms with Crippen molar-refractivity contribution in [3.8, 4) is 0 Å². The first-order valence-corrected chi connectivity index (χ1v) is 19.0. The first-order chi connectivity index (χ1) is 13.9. The monoisotopic (exact) mass is 578 g/mol. The van der Waals surface area contributed by atoms with Crippen LogP contribution in [0.25, 0.3) is 21.5 Å². The topological polar surface area (TPSA) is 0 Å². The Bertz CT molecular complexity index is 1020. The summed E-state index contributed by atoms with van der Waals surface area (Å²) in [5.74, 6) is 0. The van der Waals surface area contributed by atoms with Crippen molar-refractivity contribution in [2.45, 2.75) is 53.1 Å². The summed E-state index contributed by atoms with van der Waals surface area (Å²) in [5.41, 5.74) is 0. The third kappa shape index (κ3) is 8.99. The van der Waals surface area contributed by atoms with Crippen molar-refractivity contribution < 1.29 is 24.2 Å². The van der Waals surface area contributed by atoms with Gasteiger partial charge in [-0.25, -0.2) is 0 Å². The summed E-state index contributed by atoms with van der Waals surface area (Å²) in [5, 5.41) is 8.87. The molecule has 0 radical (unpaired) electrons. The molecule has 0 fully saturated rings. The van der Waals surface area contributed by atoms with Crippen LogP contribution >= 0.6 is 24.8 Å². The summed E-state index contributed by atoms with van der Waals surface area (Å²) >= 11 is 1.55. The molecule has 0 saturated carbocycles. The van der Waals surface area contributed by atoms with Gasteiger partial charge in [-0.15, -0.1) is 84.1 Å². The smallest absolute Gasteiger partial charge is 0.0209 e. The minimum Gasteiger partial charge on any atom is -0.157 e. The largest absolute Gasteiger partial charge is 0.157 e. The summed E-state index contributed by atoms with van der Waals surface area (Å²) < 4.78 is 1.51. The molecular formula is C27H38Cl2Si2Zr. The van der Waals surface area contributed by atoms with Gasteiger partial charge in [0.25, 0.3) is 0 Å². The summed E-state index contributed by atoms with van der Waals surface area (Å²) in [7, 11) is -2.29. The van der Waals surface area contributed by atoms with Crippen LogP contribution in [0.1, 0.15) is 13.8 Å². The van der Waals surface area contributed by atoms with E-state index in [9.17, 15) is 0 Å². The summed E-state index contributed by atoms with van der Waals surface area (Å²) in [4.78, 5) is 0. The SMILES string of the molecule is C[C](C)=[Zr+2].C[Si](C)(C)c1c[cH-]c2ccccc12.C[Si](C)(C)c1c[cH-]c2ccccc12.Cl.Cl. The zero-order chi connectivity index (χ0) is 22.5. The molecule has 0 amide bonds. The van der Waals surface area contributed by atoms with Gasteiger partial charge in [0, 0.05) is 16.1 Å². The van der Waals surface area contributed by atoms with E-state index in [0.29, 0.717) is 0 Å². The quantitative estimate of drug-likeness (QED) is 0.168. The molecule has 4 aromatic carbocycles. The minimum atomic E-state index is -1.15. The van der Waals surface area contributed by atoms with E-state index in [2.05, 4.69) is 126 Å². The summed E-state index contributed by atoms with van der Waals surface area (Å²) in [6.07, 6.45) is 0. The van der Waals surface area contributed by atoms with Gasteiger partial charge in [0.15, 0.2) is 0 Å². The van der Waals surface area contributed by atoms with E-state index < -0.39 is 16.1 Å². The van der Waals surface area contributed by atoms with Gasteiger partial charge in [0.2, 0.25) is 0 Å². The van der Waals surface area contributed by atoms with Crippen LogP contribution in [0.2, 0.25) is 39.3 Å². The second-order valence-corrected chi connectivity index (χ2v) is 22.7. The van der Waals surface area contributed by atoms with Crippen LogP contribution in [-0.4, -0.2) is 19.4 Å². The molecule has 172 valence electrons. The molecular weight excluding hydrogens is 543 g/mol. The van der Waals surface area contributed by atoms with Gasteiger partial charge in [-0.2, -0.15) is 33.3 Å². The normalized spacial score (nSPS) is 10.8. The molecule has 0 saturated heterocycles. The molecule has 4 rings (SSSR count). The molecule has 5 heteroatoms. The Morgan fingerprint density at radius 1 is 0.625 bits per heavy atom. The maximum Gasteiger partial charge on any atom is 0.0209 e. The standard InChI is InChI=1S/2C12H15Si.C3H6.2ClH.Zr/c2*1-13(2,3)12-9-8-10-6-4-5-7-11(10)12;1-3-2;;;/h2*4-9H,1-3H3;1-2H3;2*1H;/q2*-1;;;;+2. The Hall–Kier alpha value is -0.573. The molecule has 0 N–H and O–H groups in total. The van der Waals surface area contributed by atoms with Gasteiger partial charge in [-0.1, -0.05) is 51.4 Å². The maximum atomic E-state index is 2.40. The van der Waals surface area contributed by atoms with E-state index >= 15 is 0 Å². The van der Waals surface area contributed by atoms with Crippen LogP contribution in [-0.2, 0) is 24.2 Å². The van der Waals surface area contributed by atoms with Gasteiger partial charge in [0.1, 0.15) is 0 Å². The Balaban J connectivity index is 0.000000490. The first-order valence-electron chi connectivity index (χ1n) is 10.7. The molecule has 4 aromatic rings. The van der Waals surface area contributed by atoms with Gasteiger partial charge in [-0.3, -0.25) is 0 Å². The number of fused-ring (bicyclic) bond motifs is 2. The third-order valence-electron chi connectivity index (χ3n) is 4.98. The van der Waals surface area contributed by atoms with Crippen LogP contribution in [0.3, 0.4) is 0 Å². The maximum absolute atomic E-state index is 2.40. The zero-order valence-corrected chi connectivity index (χ0v) is 26.8. The van der Waals surface area contributed by atoms with E-state index in [1.54, 1.807) is 34.6 Å². The summed E-state index contributed by atoms with van der Waals surface area (Å²) in [6.45, 7) is 18.6. The van der Waals surface area contributed by atoms with E-state index in [0.717, 1.165) is 0 Å². The van der Waals surface area contributed by atoms with Crippen molar-refractivity contribution in [2.24, 2.45) is 0 Å². The summed E-state index contributed by atoms with van der Waals surface area (Å²) in [6, 6.07) is 26.4. The fraction of sp³-hybridized carbons (Fsp3) is 0.296. The van der Waals surface area contributed by atoms with E-state index in [-0.39, 0.29) is 24.8 Å². The Morgan fingerprint density at radius 2 is 0.906 bits per heavy atom. The van der Waals surface area contributed by atoms with Crippen molar-refractivity contribution in [1.29, 1.82) is 0 Å². The number of rotatable bonds is 2. The minimum absolute atomic E-state index is 0. The zero-order valence-electron chi connectivity index (χ0n) is 20.7. The van der Waals surface area contributed by atoms with Crippen LogP contribution < -0.4 is 10.4 Å². The van der Waals surface area contributed by atoms with Crippen LogP contribution in [0, 0.1) is 0 Å². The van der Waals surface area contributed by atoms with Gasteiger partial charge in [0.05, 0.1) is 0 Å².